The van der Waals surface area contributed by atoms with E-state index in [-0.39, 0.29) is 11.9 Å². The zero-order valence-corrected chi connectivity index (χ0v) is 17.3. The van der Waals surface area contributed by atoms with Crippen molar-refractivity contribution in [2.75, 3.05) is 11.2 Å². The van der Waals surface area contributed by atoms with Crippen molar-refractivity contribution in [2.45, 2.75) is 6.04 Å². The molecule has 2 aliphatic heterocycles. The molecule has 1 aliphatic carbocycles. The number of fused-ring (bicyclic) bond motifs is 3. The number of para-hydroxylation sites is 1. The normalized spacial score (nSPS) is 20.5. The predicted octanol–water partition coefficient (Wildman–Crippen LogP) is 4.91. The van der Waals surface area contributed by atoms with Gasteiger partial charge in [-0.25, -0.2) is 4.99 Å². The number of carbonyl (C=O) groups excluding carboxylic acids is 1. The van der Waals surface area contributed by atoms with Gasteiger partial charge >= 0.3 is 0 Å². The zero-order valence-electron chi connectivity index (χ0n) is 16.5. The Morgan fingerprint density at radius 1 is 0.903 bits per heavy atom. The van der Waals surface area contributed by atoms with E-state index < -0.39 is 0 Å². The van der Waals surface area contributed by atoms with Crippen molar-refractivity contribution in [2.24, 2.45) is 10.1 Å². The number of hydrogen-bond acceptors (Lipinski definition) is 5. The second kappa shape index (κ2) is 7.25. The van der Waals surface area contributed by atoms with Crippen LogP contribution >= 0.6 is 11.8 Å². The van der Waals surface area contributed by atoms with E-state index in [9.17, 15) is 4.79 Å². The lowest BCUT2D eigenvalue weighted by Crippen LogP contribution is -2.38. The molecule has 1 N–H and O–H groups in total. The number of rotatable bonds is 3. The van der Waals surface area contributed by atoms with Crippen LogP contribution in [-0.2, 0) is 4.79 Å². The predicted molar refractivity (Wildman–Crippen MR) is 126 cm³/mol. The first-order chi connectivity index (χ1) is 15.3. The highest BCUT2D eigenvalue weighted by atomic mass is 32.2. The number of aliphatic imine (C=N–C) groups is 1. The molecule has 3 aromatic carbocycles. The lowest BCUT2D eigenvalue weighted by Gasteiger charge is -2.32. The molecule has 2 heterocycles. The minimum absolute atomic E-state index is 0.0791. The van der Waals surface area contributed by atoms with Gasteiger partial charge in [0, 0.05) is 16.7 Å². The molecule has 1 amide bonds. The van der Waals surface area contributed by atoms with Gasteiger partial charge in [0.1, 0.15) is 0 Å². The summed E-state index contributed by atoms with van der Waals surface area (Å²) >= 11 is 1.50. The quantitative estimate of drug-likeness (QED) is 0.610. The maximum absolute atomic E-state index is 12.9. The number of thioether (sulfide) groups is 1. The molecule has 6 heteroatoms. The number of nitrogens with one attached hydrogen (secondary N) is 1. The standard InChI is InChI=1S/C25H18N4OS/c30-20-15-31-25-26-22-18-13-7-8-14-19(18)23(28-27-17-11-5-2-6-12-17)21(22)24(29(20)25)16-9-3-1-4-10-16/h1-14,24,27H,15H2/b28-23+. The first-order valence-corrected chi connectivity index (χ1v) is 11.1. The van der Waals surface area contributed by atoms with E-state index in [4.69, 9.17) is 10.1 Å². The number of nitrogens with zero attached hydrogens (tertiary/aromatic N) is 3. The maximum Gasteiger partial charge on any atom is 0.239 e. The summed E-state index contributed by atoms with van der Waals surface area (Å²) in [7, 11) is 0. The fourth-order valence-corrected chi connectivity index (χ4v) is 5.21. The van der Waals surface area contributed by atoms with Crippen LogP contribution in [0.25, 0.3) is 5.70 Å². The molecule has 0 spiro atoms. The van der Waals surface area contributed by atoms with E-state index in [1.54, 1.807) is 0 Å². The molecule has 1 unspecified atom stereocenters. The van der Waals surface area contributed by atoms with E-state index >= 15 is 0 Å². The lowest BCUT2D eigenvalue weighted by molar-refractivity contribution is -0.125. The van der Waals surface area contributed by atoms with Crippen LogP contribution < -0.4 is 5.43 Å². The monoisotopic (exact) mass is 422 g/mol. The highest BCUT2D eigenvalue weighted by Gasteiger charge is 2.46. The number of benzene rings is 3. The maximum atomic E-state index is 12.9. The molecule has 1 fully saturated rings. The largest absolute Gasteiger partial charge is 0.279 e. The van der Waals surface area contributed by atoms with Crippen LogP contribution in [0.5, 0.6) is 0 Å². The number of amides is 1. The highest BCUT2D eigenvalue weighted by Crippen LogP contribution is 2.48. The van der Waals surface area contributed by atoms with Crippen LogP contribution in [0.3, 0.4) is 0 Å². The molecule has 5 nitrogen and oxygen atoms in total. The first-order valence-electron chi connectivity index (χ1n) is 10.1. The van der Waals surface area contributed by atoms with Crippen molar-refractivity contribution in [1.82, 2.24) is 4.90 Å². The van der Waals surface area contributed by atoms with Crippen LogP contribution in [0.4, 0.5) is 5.69 Å². The Morgan fingerprint density at radius 3 is 2.35 bits per heavy atom. The smallest absolute Gasteiger partial charge is 0.239 e. The van der Waals surface area contributed by atoms with E-state index in [2.05, 4.69) is 29.7 Å². The van der Waals surface area contributed by atoms with Crippen molar-refractivity contribution in [1.29, 1.82) is 0 Å². The van der Waals surface area contributed by atoms with E-state index in [1.807, 2.05) is 65.6 Å². The Labute approximate surface area is 184 Å². The lowest BCUT2D eigenvalue weighted by atomic mass is 9.93. The van der Waals surface area contributed by atoms with Gasteiger partial charge < -0.3 is 0 Å². The average Bonchev–Trinajstić information content (AvgIpc) is 3.35. The molecule has 0 radical (unpaired) electrons. The molecule has 1 saturated heterocycles. The number of hydrazone groups is 1. The second-order valence-electron chi connectivity index (χ2n) is 7.51. The molecule has 3 aromatic rings. The minimum atomic E-state index is -0.255. The Hall–Kier alpha value is -3.64. The van der Waals surface area contributed by atoms with Crippen molar-refractivity contribution in [3.63, 3.8) is 0 Å². The van der Waals surface area contributed by atoms with Crippen LogP contribution in [0.2, 0.25) is 0 Å². The van der Waals surface area contributed by atoms with Gasteiger partial charge in [-0.2, -0.15) is 5.10 Å². The third-order valence-corrected chi connectivity index (χ3v) is 6.61. The Morgan fingerprint density at radius 2 is 1.58 bits per heavy atom. The van der Waals surface area contributed by atoms with Crippen LogP contribution in [0.15, 0.2) is 101 Å². The molecule has 150 valence electrons. The SMILES string of the molecule is O=C1CSC2=NC3=C(/C(=N/Nc4ccccc4)c4ccccc43)C(c3ccccc3)N12. The second-order valence-corrected chi connectivity index (χ2v) is 8.45. The van der Waals surface area contributed by atoms with Gasteiger partial charge in [-0.1, -0.05) is 84.6 Å². The van der Waals surface area contributed by atoms with E-state index in [1.165, 1.54) is 11.8 Å². The molecule has 3 aliphatic rings. The van der Waals surface area contributed by atoms with Crippen molar-refractivity contribution < 1.29 is 4.79 Å². The summed E-state index contributed by atoms with van der Waals surface area (Å²) in [5.74, 6) is 0.495. The van der Waals surface area contributed by atoms with Gasteiger partial charge in [-0.3, -0.25) is 15.1 Å². The summed E-state index contributed by atoms with van der Waals surface area (Å²) < 4.78 is 0. The van der Waals surface area contributed by atoms with E-state index in [0.29, 0.717) is 5.75 Å². The van der Waals surface area contributed by atoms with Gasteiger partial charge in [0.15, 0.2) is 5.17 Å². The van der Waals surface area contributed by atoms with Crippen molar-refractivity contribution in [3.8, 4) is 0 Å². The first kappa shape index (κ1) is 18.2. The van der Waals surface area contributed by atoms with Crippen molar-refractivity contribution >= 4 is 39.9 Å². The molecule has 31 heavy (non-hydrogen) atoms. The highest BCUT2D eigenvalue weighted by molar-refractivity contribution is 8.15. The summed E-state index contributed by atoms with van der Waals surface area (Å²) in [4.78, 5) is 19.7. The number of carbonyl (C=O) groups is 1. The molecule has 0 aromatic heterocycles. The summed E-state index contributed by atoms with van der Waals surface area (Å²) in [6.45, 7) is 0. The summed E-state index contributed by atoms with van der Waals surface area (Å²) in [6.07, 6.45) is 0. The molecular weight excluding hydrogens is 404 g/mol. The zero-order chi connectivity index (χ0) is 20.8. The molecule has 6 rings (SSSR count). The number of amidine groups is 1. The summed E-state index contributed by atoms with van der Waals surface area (Å²) in [5, 5.41) is 5.60. The third-order valence-electron chi connectivity index (χ3n) is 5.67. The van der Waals surface area contributed by atoms with Gasteiger partial charge in [0.25, 0.3) is 0 Å². The topological polar surface area (TPSA) is 57.1 Å². The van der Waals surface area contributed by atoms with Crippen LogP contribution in [0, 0.1) is 0 Å². The average molecular weight is 423 g/mol. The fourth-order valence-electron chi connectivity index (χ4n) is 4.32. The Bertz CT molecular complexity index is 1280. The van der Waals surface area contributed by atoms with Crippen LogP contribution in [-0.4, -0.2) is 27.4 Å². The molecular formula is C25H18N4OS. The summed E-state index contributed by atoms with van der Waals surface area (Å²) in [5.41, 5.74) is 9.95. The Balaban J connectivity index is 1.56. The van der Waals surface area contributed by atoms with Gasteiger partial charge in [-0.15, -0.1) is 0 Å². The molecule has 0 bridgehead atoms. The number of anilines is 1. The number of hydrogen-bond donors (Lipinski definition) is 1. The van der Waals surface area contributed by atoms with Gasteiger partial charge in [-0.05, 0) is 17.7 Å². The fraction of sp³-hybridized carbons (Fsp3) is 0.0800. The van der Waals surface area contributed by atoms with Gasteiger partial charge in [0.2, 0.25) is 5.91 Å². The molecule has 0 saturated carbocycles. The Kier molecular flexibility index (Phi) is 4.25. The van der Waals surface area contributed by atoms with Crippen LogP contribution in [0.1, 0.15) is 22.7 Å². The van der Waals surface area contributed by atoms with Gasteiger partial charge in [0.05, 0.1) is 28.9 Å². The van der Waals surface area contributed by atoms with Crippen molar-refractivity contribution in [3.05, 3.63) is 107 Å². The third kappa shape index (κ3) is 2.91. The minimum Gasteiger partial charge on any atom is -0.279 e. The van der Waals surface area contributed by atoms with E-state index in [0.717, 1.165) is 44.5 Å². The molecule has 1 atom stereocenters. The summed E-state index contributed by atoms with van der Waals surface area (Å²) in [6, 6.07) is 28.0.